The largest absolute Gasteiger partial charge is 0.508 e. The molecule has 5 nitrogen and oxygen atoms in total. The Hall–Kier alpha value is -2.17. The van der Waals surface area contributed by atoms with E-state index in [0.29, 0.717) is 11.4 Å². The highest BCUT2D eigenvalue weighted by Crippen LogP contribution is 2.15. The first-order valence-corrected chi connectivity index (χ1v) is 4.44. The molecule has 0 aliphatic carbocycles. The summed E-state index contributed by atoms with van der Waals surface area (Å²) in [4.78, 5) is 10.4. The molecular formula is C10H9N3O2. The molecule has 0 bridgehead atoms. The van der Waals surface area contributed by atoms with E-state index in [1.807, 2.05) is 0 Å². The summed E-state index contributed by atoms with van der Waals surface area (Å²) in [6, 6.07) is 6.61. The van der Waals surface area contributed by atoms with E-state index in [1.54, 1.807) is 24.3 Å². The van der Waals surface area contributed by atoms with E-state index in [0.717, 1.165) is 6.29 Å². The van der Waals surface area contributed by atoms with Crippen molar-refractivity contribution in [3.05, 3.63) is 36.2 Å². The van der Waals surface area contributed by atoms with Gasteiger partial charge in [-0.05, 0) is 12.1 Å². The van der Waals surface area contributed by atoms with E-state index in [-0.39, 0.29) is 12.2 Å². The fraction of sp³-hybridized carbons (Fsp3) is 0.100. The lowest BCUT2D eigenvalue weighted by Gasteiger charge is -2.03. The van der Waals surface area contributed by atoms with Gasteiger partial charge in [-0.1, -0.05) is 11.3 Å². The molecule has 0 fully saturated rings. The average Bonchev–Trinajstić information content (AvgIpc) is 2.66. The molecule has 1 aromatic heterocycles. The second-order valence-corrected chi connectivity index (χ2v) is 3.03. The Balaban J connectivity index is 2.44. The minimum absolute atomic E-state index is 0.153. The summed E-state index contributed by atoms with van der Waals surface area (Å²) < 4.78 is 1.52. The number of carbonyl (C=O) groups is 1. The summed E-state index contributed by atoms with van der Waals surface area (Å²) in [5.74, 6) is 0.153. The van der Waals surface area contributed by atoms with Gasteiger partial charge in [0.2, 0.25) is 0 Å². The van der Waals surface area contributed by atoms with Gasteiger partial charge in [-0.15, -0.1) is 5.10 Å². The highest BCUT2D eigenvalue weighted by molar-refractivity contribution is 5.54. The van der Waals surface area contributed by atoms with Crippen molar-refractivity contribution in [3.8, 4) is 11.4 Å². The van der Waals surface area contributed by atoms with E-state index >= 15 is 0 Å². The number of aromatic nitrogens is 3. The van der Waals surface area contributed by atoms with Crippen molar-refractivity contribution in [1.82, 2.24) is 15.0 Å². The Kier molecular flexibility index (Phi) is 2.45. The highest BCUT2D eigenvalue weighted by atomic mass is 16.3. The van der Waals surface area contributed by atoms with Crippen molar-refractivity contribution >= 4 is 6.29 Å². The predicted octanol–water partition coefficient (Wildman–Crippen LogP) is 0.714. The monoisotopic (exact) mass is 203 g/mol. The van der Waals surface area contributed by atoms with E-state index in [2.05, 4.69) is 10.3 Å². The van der Waals surface area contributed by atoms with Crippen LogP contribution in [0.4, 0.5) is 0 Å². The summed E-state index contributed by atoms with van der Waals surface area (Å²) in [6.07, 6.45) is 2.57. The number of phenolic OH excluding ortho intramolecular Hbond substituents is 1. The number of rotatable bonds is 3. The molecular weight excluding hydrogens is 194 g/mol. The van der Waals surface area contributed by atoms with Crippen LogP contribution < -0.4 is 0 Å². The highest BCUT2D eigenvalue weighted by Gasteiger charge is 2.05. The van der Waals surface area contributed by atoms with Crippen molar-refractivity contribution in [1.29, 1.82) is 0 Å². The Morgan fingerprint density at radius 1 is 1.47 bits per heavy atom. The number of nitrogens with zero attached hydrogens (tertiary/aromatic N) is 3. The van der Waals surface area contributed by atoms with Gasteiger partial charge >= 0.3 is 0 Å². The second-order valence-electron chi connectivity index (χ2n) is 3.03. The van der Waals surface area contributed by atoms with Gasteiger partial charge in [-0.3, -0.25) is 0 Å². The number of aromatic hydroxyl groups is 1. The minimum atomic E-state index is 0.153. The molecule has 0 unspecified atom stereocenters. The van der Waals surface area contributed by atoms with Crippen LogP contribution >= 0.6 is 0 Å². The standard InChI is InChI=1S/C10H9N3O2/c14-5-4-9-7-11-12-13(9)8-2-1-3-10(15)6-8/h1-3,5-7,15H,4H2. The molecule has 0 saturated heterocycles. The summed E-state index contributed by atoms with van der Waals surface area (Å²) in [7, 11) is 0. The van der Waals surface area contributed by atoms with Gasteiger partial charge < -0.3 is 9.90 Å². The van der Waals surface area contributed by atoms with Crippen LogP contribution in [0.1, 0.15) is 5.69 Å². The maximum Gasteiger partial charge on any atom is 0.126 e. The Morgan fingerprint density at radius 2 is 2.33 bits per heavy atom. The third-order valence-corrected chi connectivity index (χ3v) is 1.99. The summed E-state index contributed by atoms with van der Waals surface area (Å²) in [5.41, 5.74) is 1.37. The van der Waals surface area contributed by atoms with Crippen LogP contribution in [0.2, 0.25) is 0 Å². The van der Waals surface area contributed by atoms with Crippen molar-refractivity contribution < 1.29 is 9.90 Å². The molecule has 0 spiro atoms. The number of benzene rings is 1. The van der Waals surface area contributed by atoms with Crippen molar-refractivity contribution in [2.75, 3.05) is 0 Å². The summed E-state index contributed by atoms with van der Waals surface area (Å²) in [5, 5.41) is 16.9. The number of hydrogen-bond donors (Lipinski definition) is 1. The zero-order valence-corrected chi connectivity index (χ0v) is 7.87. The minimum Gasteiger partial charge on any atom is -0.508 e. The maximum atomic E-state index is 10.4. The van der Waals surface area contributed by atoms with E-state index in [1.165, 1.54) is 10.9 Å². The molecule has 1 N–H and O–H groups in total. The number of hydrogen-bond acceptors (Lipinski definition) is 4. The maximum absolute atomic E-state index is 10.4. The van der Waals surface area contributed by atoms with Crippen molar-refractivity contribution in [2.45, 2.75) is 6.42 Å². The van der Waals surface area contributed by atoms with E-state index in [4.69, 9.17) is 0 Å². The lowest BCUT2D eigenvalue weighted by molar-refractivity contribution is -0.107. The normalized spacial score (nSPS) is 10.1. The Labute approximate surface area is 86.0 Å². The van der Waals surface area contributed by atoms with Gasteiger partial charge in [0.1, 0.15) is 12.0 Å². The van der Waals surface area contributed by atoms with Gasteiger partial charge in [0.15, 0.2) is 0 Å². The average molecular weight is 203 g/mol. The van der Waals surface area contributed by atoms with Gasteiger partial charge in [0.25, 0.3) is 0 Å². The summed E-state index contributed by atoms with van der Waals surface area (Å²) in [6.45, 7) is 0. The fourth-order valence-corrected chi connectivity index (χ4v) is 1.32. The molecule has 2 rings (SSSR count). The molecule has 5 heteroatoms. The quantitative estimate of drug-likeness (QED) is 0.746. The molecule has 1 heterocycles. The van der Waals surface area contributed by atoms with Crippen LogP contribution in [-0.4, -0.2) is 26.4 Å². The van der Waals surface area contributed by atoms with Crippen LogP contribution in [0.15, 0.2) is 30.5 Å². The zero-order chi connectivity index (χ0) is 10.7. The second kappa shape index (κ2) is 3.91. The van der Waals surface area contributed by atoms with E-state index < -0.39 is 0 Å². The SMILES string of the molecule is O=CCc1cnnn1-c1cccc(O)c1. The third-order valence-electron chi connectivity index (χ3n) is 1.99. The molecule has 0 aliphatic heterocycles. The summed E-state index contributed by atoms with van der Waals surface area (Å²) >= 11 is 0. The lowest BCUT2D eigenvalue weighted by atomic mass is 10.3. The van der Waals surface area contributed by atoms with Crippen LogP contribution in [0.5, 0.6) is 5.75 Å². The molecule has 0 amide bonds. The molecule has 1 aromatic carbocycles. The van der Waals surface area contributed by atoms with Crippen LogP contribution in [0.25, 0.3) is 5.69 Å². The smallest absolute Gasteiger partial charge is 0.126 e. The molecule has 0 saturated carbocycles. The molecule has 0 radical (unpaired) electrons. The van der Waals surface area contributed by atoms with Gasteiger partial charge in [-0.25, -0.2) is 4.68 Å². The molecule has 2 aromatic rings. The first-order chi connectivity index (χ1) is 7.31. The first-order valence-electron chi connectivity index (χ1n) is 4.44. The number of carbonyl (C=O) groups excluding carboxylic acids is 1. The predicted molar refractivity (Wildman–Crippen MR) is 52.8 cm³/mol. The zero-order valence-electron chi connectivity index (χ0n) is 7.87. The third kappa shape index (κ3) is 1.85. The fourth-order valence-electron chi connectivity index (χ4n) is 1.32. The number of aldehydes is 1. The van der Waals surface area contributed by atoms with Gasteiger partial charge in [0, 0.05) is 12.5 Å². The van der Waals surface area contributed by atoms with Crippen molar-refractivity contribution in [3.63, 3.8) is 0 Å². The molecule has 15 heavy (non-hydrogen) atoms. The molecule has 0 aliphatic rings. The topological polar surface area (TPSA) is 68.0 Å². The number of phenols is 1. The lowest BCUT2D eigenvalue weighted by Crippen LogP contribution is -2.02. The van der Waals surface area contributed by atoms with Crippen LogP contribution in [0.3, 0.4) is 0 Å². The van der Waals surface area contributed by atoms with Crippen LogP contribution in [-0.2, 0) is 11.2 Å². The van der Waals surface area contributed by atoms with E-state index in [9.17, 15) is 9.90 Å². The molecule has 0 atom stereocenters. The van der Waals surface area contributed by atoms with Gasteiger partial charge in [-0.2, -0.15) is 0 Å². The Bertz CT molecular complexity index is 479. The molecule has 76 valence electrons. The van der Waals surface area contributed by atoms with Crippen molar-refractivity contribution in [2.24, 2.45) is 0 Å². The van der Waals surface area contributed by atoms with Crippen LogP contribution in [0, 0.1) is 0 Å². The Morgan fingerprint density at radius 3 is 3.07 bits per heavy atom. The van der Waals surface area contributed by atoms with Gasteiger partial charge in [0.05, 0.1) is 17.6 Å². The first kappa shape index (κ1) is 9.39.